The van der Waals surface area contributed by atoms with Crippen LogP contribution in [0.4, 0.5) is 13.2 Å². The van der Waals surface area contributed by atoms with E-state index in [1.165, 1.54) is 35.9 Å². The van der Waals surface area contributed by atoms with Gasteiger partial charge in [-0.1, -0.05) is 48.5 Å². The van der Waals surface area contributed by atoms with Crippen molar-refractivity contribution >= 4 is 23.2 Å². The molecule has 5 rings (SSSR count). The number of hydrogen-bond acceptors (Lipinski definition) is 7. The van der Waals surface area contributed by atoms with Crippen molar-refractivity contribution in [1.29, 1.82) is 0 Å². The number of aromatic nitrogens is 2. The second-order valence-electron chi connectivity index (χ2n) is 11.1. The molecule has 1 aliphatic rings. The van der Waals surface area contributed by atoms with Crippen molar-refractivity contribution in [2.45, 2.75) is 57.1 Å². The Labute approximate surface area is 263 Å². The van der Waals surface area contributed by atoms with Crippen molar-refractivity contribution < 1.29 is 27.9 Å². The number of carbonyl (C=O) groups excluding carboxylic acids is 2. The highest BCUT2D eigenvalue weighted by atomic mass is 32.1. The van der Waals surface area contributed by atoms with Gasteiger partial charge < -0.3 is 20.6 Å². The summed E-state index contributed by atoms with van der Waals surface area (Å²) in [5, 5.41) is 19.8. The van der Waals surface area contributed by atoms with E-state index in [-0.39, 0.29) is 36.2 Å². The molecule has 2 aromatic carbocycles. The smallest absolute Gasteiger partial charge is 0.390 e. The van der Waals surface area contributed by atoms with E-state index in [4.69, 9.17) is 0 Å². The molecule has 4 aromatic rings. The number of nitrogens with zero attached hydrogens (tertiary/aromatic N) is 3. The topological polar surface area (TPSA) is 107 Å². The molecular weight excluding hydrogens is 603 g/mol. The van der Waals surface area contributed by atoms with Crippen LogP contribution in [0.1, 0.15) is 67.0 Å². The average Bonchev–Trinajstić information content (AvgIpc) is 3.70. The predicted molar refractivity (Wildman–Crippen MR) is 165 cm³/mol. The SMILES string of the molecule is Cc1csc(C2CCCN2C(=O)c2cncc(C(=O)N[C@@H](Cc3ccccc3)[C@H](O)CNCc3cccc(C(F)(F)F)c3)c2)n1. The predicted octanol–water partition coefficient (Wildman–Crippen LogP) is 5.33. The number of halogens is 3. The number of aliphatic hydroxyl groups excluding tert-OH is 1. The summed E-state index contributed by atoms with van der Waals surface area (Å²) in [5.74, 6) is -0.740. The molecule has 3 atom stereocenters. The molecule has 3 N–H and O–H groups in total. The molecule has 12 heteroatoms. The molecule has 45 heavy (non-hydrogen) atoms. The van der Waals surface area contributed by atoms with Gasteiger partial charge in [0.05, 0.1) is 34.9 Å². The zero-order valence-corrected chi connectivity index (χ0v) is 25.4. The number of nitrogens with one attached hydrogen (secondary N) is 2. The van der Waals surface area contributed by atoms with Gasteiger partial charge in [-0.2, -0.15) is 13.2 Å². The monoisotopic (exact) mass is 637 g/mol. The third kappa shape index (κ3) is 8.33. The third-order valence-electron chi connectivity index (χ3n) is 7.70. The molecule has 0 saturated carbocycles. The number of alkyl halides is 3. The number of likely N-dealkylation sites (tertiary alicyclic amines) is 1. The molecule has 0 bridgehead atoms. The van der Waals surface area contributed by atoms with Crippen LogP contribution in [-0.4, -0.2) is 57.0 Å². The maximum absolute atomic E-state index is 13.5. The van der Waals surface area contributed by atoms with Crippen LogP contribution in [0.2, 0.25) is 0 Å². The maximum Gasteiger partial charge on any atom is 0.416 e. The number of carbonyl (C=O) groups is 2. The summed E-state index contributed by atoms with van der Waals surface area (Å²) in [6.45, 7) is 2.61. The molecule has 8 nitrogen and oxygen atoms in total. The van der Waals surface area contributed by atoms with Gasteiger partial charge in [0, 0.05) is 43.1 Å². The van der Waals surface area contributed by atoms with E-state index in [9.17, 15) is 27.9 Å². The van der Waals surface area contributed by atoms with Crippen LogP contribution < -0.4 is 10.6 Å². The van der Waals surface area contributed by atoms with Crippen LogP contribution in [0.25, 0.3) is 0 Å². The Hall–Kier alpha value is -4.13. The fourth-order valence-electron chi connectivity index (χ4n) is 5.41. The molecule has 236 valence electrons. The first kappa shape index (κ1) is 32.3. The summed E-state index contributed by atoms with van der Waals surface area (Å²) >= 11 is 1.53. The molecule has 1 saturated heterocycles. The first-order chi connectivity index (χ1) is 21.6. The highest BCUT2D eigenvalue weighted by Gasteiger charge is 2.33. The van der Waals surface area contributed by atoms with Crippen LogP contribution in [0.3, 0.4) is 0 Å². The summed E-state index contributed by atoms with van der Waals surface area (Å²) < 4.78 is 39.3. The molecule has 1 fully saturated rings. The Kier molecular flexibility index (Phi) is 10.3. The van der Waals surface area contributed by atoms with E-state index < -0.39 is 29.8 Å². The van der Waals surface area contributed by atoms with E-state index in [0.29, 0.717) is 18.5 Å². The number of hydrogen-bond donors (Lipinski definition) is 3. The van der Waals surface area contributed by atoms with E-state index in [1.807, 2.05) is 42.6 Å². The average molecular weight is 638 g/mol. The van der Waals surface area contributed by atoms with Gasteiger partial charge in [-0.3, -0.25) is 14.6 Å². The molecule has 0 aliphatic carbocycles. The van der Waals surface area contributed by atoms with Gasteiger partial charge in [-0.25, -0.2) is 4.98 Å². The van der Waals surface area contributed by atoms with Crippen LogP contribution in [0, 0.1) is 6.92 Å². The Balaban J connectivity index is 1.26. The molecule has 1 unspecified atom stereocenters. The maximum atomic E-state index is 13.5. The van der Waals surface area contributed by atoms with Gasteiger partial charge >= 0.3 is 6.18 Å². The standard InChI is InChI=1S/C33H34F3N5O3S/c1-21-20-45-31(39-21)28-11-6-12-41(28)32(44)25-15-24(17-38-18-25)30(43)40-27(14-22-7-3-2-4-8-22)29(42)19-37-16-23-9-5-10-26(13-23)33(34,35)36/h2-5,7-10,13,15,17-18,20,27-29,37,42H,6,11-12,14,16,19H2,1H3,(H,40,43)/t27-,28?,29+/m0/s1. The summed E-state index contributed by atoms with van der Waals surface area (Å²) in [5.41, 5.74) is 1.91. The number of rotatable bonds is 11. The second-order valence-corrected chi connectivity index (χ2v) is 12.0. The Morgan fingerprint density at radius 2 is 1.82 bits per heavy atom. The fraction of sp³-hybridized carbons (Fsp3) is 0.333. The molecular formula is C33H34F3N5O3S. The summed E-state index contributed by atoms with van der Waals surface area (Å²) in [6, 6.07) is 14.9. The van der Waals surface area contributed by atoms with Crippen molar-refractivity contribution in [3.8, 4) is 0 Å². The van der Waals surface area contributed by atoms with Crippen LogP contribution >= 0.6 is 11.3 Å². The van der Waals surface area contributed by atoms with Crippen LogP contribution in [0.15, 0.2) is 78.4 Å². The summed E-state index contributed by atoms with van der Waals surface area (Å²) in [6.07, 6.45) is -0.756. The molecule has 2 aromatic heterocycles. The Bertz CT molecular complexity index is 1610. The van der Waals surface area contributed by atoms with Gasteiger partial charge in [0.2, 0.25) is 0 Å². The van der Waals surface area contributed by atoms with Gasteiger partial charge in [-0.05, 0) is 49.4 Å². The molecule has 2 amide bonds. The Morgan fingerprint density at radius 3 is 2.56 bits per heavy atom. The number of aryl methyl sites for hydroxylation is 1. The van der Waals surface area contributed by atoms with Crippen molar-refractivity contribution in [2.24, 2.45) is 0 Å². The molecule has 0 radical (unpaired) electrons. The van der Waals surface area contributed by atoms with E-state index in [0.717, 1.165) is 41.2 Å². The number of thiazole rings is 1. The lowest BCUT2D eigenvalue weighted by molar-refractivity contribution is -0.137. The minimum atomic E-state index is -4.45. The van der Waals surface area contributed by atoms with Gasteiger partial charge in [0.25, 0.3) is 11.8 Å². The first-order valence-electron chi connectivity index (χ1n) is 14.7. The highest BCUT2D eigenvalue weighted by molar-refractivity contribution is 7.09. The van der Waals surface area contributed by atoms with Crippen molar-refractivity contribution in [3.05, 3.63) is 117 Å². The van der Waals surface area contributed by atoms with Crippen molar-refractivity contribution in [1.82, 2.24) is 25.5 Å². The van der Waals surface area contributed by atoms with E-state index >= 15 is 0 Å². The number of aliphatic hydroxyl groups is 1. The second kappa shape index (κ2) is 14.3. The van der Waals surface area contributed by atoms with E-state index in [2.05, 4.69) is 20.6 Å². The van der Waals surface area contributed by atoms with E-state index in [1.54, 1.807) is 11.0 Å². The fourth-order valence-corrected chi connectivity index (χ4v) is 6.35. The Morgan fingerprint density at radius 1 is 1.07 bits per heavy atom. The quantitative estimate of drug-likeness (QED) is 0.205. The minimum absolute atomic E-state index is 0.0113. The number of amides is 2. The first-order valence-corrected chi connectivity index (χ1v) is 15.5. The molecule has 3 heterocycles. The van der Waals surface area contributed by atoms with Crippen molar-refractivity contribution in [3.63, 3.8) is 0 Å². The minimum Gasteiger partial charge on any atom is -0.390 e. The number of pyridine rings is 1. The van der Waals surface area contributed by atoms with Gasteiger partial charge in [0.15, 0.2) is 0 Å². The van der Waals surface area contributed by atoms with Crippen molar-refractivity contribution in [2.75, 3.05) is 13.1 Å². The van der Waals surface area contributed by atoms with Gasteiger partial charge in [-0.15, -0.1) is 11.3 Å². The molecule has 1 aliphatic heterocycles. The zero-order chi connectivity index (χ0) is 32.0. The summed E-state index contributed by atoms with van der Waals surface area (Å²) in [4.78, 5) is 37.5. The lowest BCUT2D eigenvalue weighted by Gasteiger charge is -2.25. The zero-order valence-electron chi connectivity index (χ0n) is 24.6. The van der Waals surface area contributed by atoms with Gasteiger partial charge in [0.1, 0.15) is 5.01 Å². The largest absolute Gasteiger partial charge is 0.416 e. The third-order valence-corrected chi connectivity index (χ3v) is 8.76. The number of benzene rings is 2. The van der Waals surface area contributed by atoms with Crippen LogP contribution in [0.5, 0.6) is 0 Å². The summed E-state index contributed by atoms with van der Waals surface area (Å²) in [7, 11) is 0. The lowest BCUT2D eigenvalue weighted by atomic mass is 10.00. The molecule has 0 spiro atoms. The van der Waals surface area contributed by atoms with Crippen LogP contribution in [-0.2, 0) is 19.1 Å². The normalized spacial score (nSPS) is 16.4. The lowest BCUT2D eigenvalue weighted by Crippen LogP contribution is -2.48. The highest BCUT2D eigenvalue weighted by Crippen LogP contribution is 2.35.